The number of esters is 4. The highest BCUT2D eigenvalue weighted by molar-refractivity contribution is 5.91. The van der Waals surface area contributed by atoms with Gasteiger partial charge in [-0.1, -0.05) is 0 Å². The molecular formula is C10H12O9. The topological polar surface area (TPSA) is 122 Å². The lowest BCUT2D eigenvalue weighted by molar-refractivity contribution is -0.172. The van der Waals surface area contributed by atoms with E-state index in [9.17, 15) is 24.0 Å². The van der Waals surface area contributed by atoms with Crippen LogP contribution in [0.3, 0.4) is 0 Å². The summed E-state index contributed by atoms with van der Waals surface area (Å²) in [5.74, 6) is -3.46. The molecule has 0 spiro atoms. The molecule has 0 aliphatic heterocycles. The highest BCUT2D eigenvalue weighted by Gasteiger charge is 2.13. The molecule has 9 heteroatoms. The summed E-state index contributed by atoms with van der Waals surface area (Å²) in [6.07, 6.45) is -0.856. The highest BCUT2D eigenvalue weighted by atomic mass is 16.7. The summed E-state index contributed by atoms with van der Waals surface area (Å²) in [5, 5.41) is 0. The maximum atomic E-state index is 11.0. The van der Waals surface area contributed by atoms with E-state index in [0.29, 0.717) is 6.29 Å². The van der Waals surface area contributed by atoms with E-state index in [4.69, 9.17) is 0 Å². The third kappa shape index (κ3) is 10.4. The fraction of sp³-hybridized carbons (Fsp3) is 0.500. The van der Waals surface area contributed by atoms with Crippen molar-refractivity contribution in [1.29, 1.82) is 0 Å². The minimum Gasteiger partial charge on any atom is -0.428 e. The van der Waals surface area contributed by atoms with Gasteiger partial charge in [0.05, 0.1) is 0 Å². The lowest BCUT2D eigenvalue weighted by atomic mass is 10.4. The molecule has 0 rings (SSSR count). The summed E-state index contributed by atoms with van der Waals surface area (Å²) in [6.45, 7) is -0.186. The van der Waals surface area contributed by atoms with E-state index in [1.807, 2.05) is 0 Å². The van der Waals surface area contributed by atoms with Crippen molar-refractivity contribution in [2.24, 2.45) is 0 Å². The van der Waals surface area contributed by atoms with E-state index in [0.717, 1.165) is 6.92 Å². The van der Waals surface area contributed by atoms with Gasteiger partial charge in [-0.15, -0.1) is 0 Å². The largest absolute Gasteiger partial charge is 0.428 e. The normalized spacial score (nSPS) is 9.11. The van der Waals surface area contributed by atoms with Crippen LogP contribution >= 0.6 is 0 Å². The van der Waals surface area contributed by atoms with Crippen LogP contribution in [0.25, 0.3) is 0 Å². The Morgan fingerprint density at radius 2 is 1.32 bits per heavy atom. The molecule has 0 aliphatic rings. The van der Waals surface area contributed by atoms with Crippen LogP contribution in [0.1, 0.15) is 19.8 Å². The molecule has 9 nitrogen and oxygen atoms in total. The summed E-state index contributed by atoms with van der Waals surface area (Å²) in [5.41, 5.74) is 0. The molecule has 0 aliphatic carbocycles. The van der Waals surface area contributed by atoms with E-state index in [1.54, 1.807) is 0 Å². The van der Waals surface area contributed by atoms with Gasteiger partial charge in [-0.2, -0.15) is 0 Å². The third-order valence-corrected chi connectivity index (χ3v) is 1.46. The molecular weight excluding hydrogens is 264 g/mol. The molecule has 0 aromatic rings. The number of aldehydes is 1. The second-order valence-corrected chi connectivity index (χ2v) is 2.97. The van der Waals surface area contributed by atoms with Crippen molar-refractivity contribution in [3.63, 3.8) is 0 Å². The molecule has 0 unspecified atom stereocenters. The summed E-state index contributed by atoms with van der Waals surface area (Å²) < 4.78 is 17.3. The zero-order valence-electron chi connectivity index (χ0n) is 10.1. The van der Waals surface area contributed by atoms with Crippen LogP contribution in [-0.2, 0) is 42.9 Å². The Morgan fingerprint density at radius 1 is 0.842 bits per heavy atom. The van der Waals surface area contributed by atoms with E-state index in [1.165, 1.54) is 0 Å². The van der Waals surface area contributed by atoms with Gasteiger partial charge in [0.15, 0.2) is 0 Å². The third-order valence-electron chi connectivity index (χ3n) is 1.46. The van der Waals surface area contributed by atoms with Crippen molar-refractivity contribution < 1.29 is 42.9 Å². The molecule has 19 heavy (non-hydrogen) atoms. The molecule has 0 radical (unpaired) electrons. The lowest BCUT2D eigenvalue weighted by Gasteiger charge is -2.05. The first-order valence-electron chi connectivity index (χ1n) is 4.99. The SMILES string of the molecule is CC(=O)OCOC(=O)CC(=O)OCOC(=O)CC=O. The molecule has 0 fully saturated rings. The second kappa shape index (κ2) is 9.57. The minimum absolute atomic E-state index is 0.330. The maximum Gasteiger partial charge on any atom is 0.320 e. The zero-order chi connectivity index (χ0) is 14.7. The van der Waals surface area contributed by atoms with Gasteiger partial charge in [0, 0.05) is 6.92 Å². The van der Waals surface area contributed by atoms with Crippen molar-refractivity contribution in [3.05, 3.63) is 0 Å². The Bertz CT molecular complexity index is 360. The van der Waals surface area contributed by atoms with Crippen LogP contribution < -0.4 is 0 Å². The summed E-state index contributed by atoms with van der Waals surface area (Å²) in [7, 11) is 0. The van der Waals surface area contributed by atoms with E-state index < -0.39 is 50.3 Å². The highest BCUT2D eigenvalue weighted by Crippen LogP contribution is 1.93. The second-order valence-electron chi connectivity index (χ2n) is 2.97. The van der Waals surface area contributed by atoms with Crippen LogP contribution in [-0.4, -0.2) is 43.7 Å². The Morgan fingerprint density at radius 3 is 1.79 bits per heavy atom. The van der Waals surface area contributed by atoms with Gasteiger partial charge in [0.25, 0.3) is 0 Å². The van der Waals surface area contributed by atoms with E-state index in [2.05, 4.69) is 18.9 Å². The first kappa shape index (κ1) is 16.6. The van der Waals surface area contributed by atoms with Crippen LogP contribution in [0.2, 0.25) is 0 Å². The van der Waals surface area contributed by atoms with Crippen molar-refractivity contribution in [2.75, 3.05) is 13.6 Å². The van der Waals surface area contributed by atoms with Crippen molar-refractivity contribution in [3.8, 4) is 0 Å². The Hall–Kier alpha value is -2.45. The first-order chi connectivity index (χ1) is 8.95. The smallest absolute Gasteiger partial charge is 0.320 e. The fourth-order valence-corrected chi connectivity index (χ4v) is 0.686. The number of rotatable bonds is 8. The predicted octanol–water partition coefficient (Wildman–Crippen LogP) is -0.927. The van der Waals surface area contributed by atoms with Gasteiger partial charge in [0.1, 0.15) is 19.1 Å². The fourth-order valence-electron chi connectivity index (χ4n) is 0.686. The molecule has 0 saturated carbocycles. The number of carbonyl (C=O) groups is 5. The monoisotopic (exact) mass is 276 g/mol. The molecule has 0 atom stereocenters. The van der Waals surface area contributed by atoms with E-state index in [-0.39, 0.29) is 0 Å². The zero-order valence-corrected chi connectivity index (χ0v) is 10.1. The Balaban J connectivity index is 3.67. The number of ether oxygens (including phenoxy) is 4. The molecule has 0 amide bonds. The van der Waals surface area contributed by atoms with Gasteiger partial charge in [-0.3, -0.25) is 19.2 Å². The maximum absolute atomic E-state index is 11.0. The van der Waals surface area contributed by atoms with Gasteiger partial charge < -0.3 is 23.7 Å². The van der Waals surface area contributed by atoms with Crippen LogP contribution in [0.15, 0.2) is 0 Å². The molecule has 0 N–H and O–H groups in total. The number of hydrogen-bond donors (Lipinski definition) is 0. The predicted molar refractivity (Wildman–Crippen MR) is 55.1 cm³/mol. The van der Waals surface area contributed by atoms with Crippen molar-refractivity contribution in [1.82, 2.24) is 0 Å². The standard InChI is InChI=1S/C10H12O9/c1-7(12)16-5-18-9(14)4-10(15)19-6-17-8(13)2-3-11/h3H,2,4-6H2,1H3. The molecule has 0 aromatic heterocycles. The average molecular weight is 276 g/mol. The minimum atomic E-state index is -0.994. The average Bonchev–Trinajstić information content (AvgIpc) is 2.28. The Labute approximate surface area is 107 Å². The van der Waals surface area contributed by atoms with Crippen LogP contribution in [0.5, 0.6) is 0 Å². The number of hydrogen-bond acceptors (Lipinski definition) is 9. The number of carbonyl (C=O) groups excluding carboxylic acids is 5. The summed E-state index contributed by atoms with van der Waals surface area (Å²) >= 11 is 0. The molecule has 0 aromatic carbocycles. The molecule has 0 saturated heterocycles. The Kier molecular flexibility index (Phi) is 8.33. The molecule has 0 bridgehead atoms. The molecule has 0 heterocycles. The van der Waals surface area contributed by atoms with Gasteiger partial charge in [-0.05, 0) is 0 Å². The van der Waals surface area contributed by atoms with Gasteiger partial charge in [0.2, 0.25) is 13.6 Å². The van der Waals surface area contributed by atoms with Crippen LogP contribution in [0.4, 0.5) is 0 Å². The first-order valence-corrected chi connectivity index (χ1v) is 4.99. The van der Waals surface area contributed by atoms with Gasteiger partial charge >= 0.3 is 23.9 Å². The summed E-state index contributed by atoms with van der Waals surface area (Å²) in [6, 6.07) is 0. The summed E-state index contributed by atoms with van der Waals surface area (Å²) in [4.78, 5) is 52.9. The quantitative estimate of drug-likeness (QED) is 0.239. The lowest BCUT2D eigenvalue weighted by Crippen LogP contribution is -2.18. The molecule has 106 valence electrons. The van der Waals surface area contributed by atoms with Crippen molar-refractivity contribution in [2.45, 2.75) is 19.8 Å². The van der Waals surface area contributed by atoms with Crippen LogP contribution in [0, 0.1) is 0 Å². The van der Waals surface area contributed by atoms with Gasteiger partial charge in [-0.25, -0.2) is 0 Å². The van der Waals surface area contributed by atoms with Crippen molar-refractivity contribution >= 4 is 30.2 Å². The van der Waals surface area contributed by atoms with E-state index >= 15 is 0 Å².